The first kappa shape index (κ1) is 20.4. The van der Waals surface area contributed by atoms with Gasteiger partial charge in [-0.25, -0.2) is 0 Å². The zero-order chi connectivity index (χ0) is 21.6. The number of ether oxygens (including phenoxy) is 1. The molecule has 1 aliphatic heterocycles. The fourth-order valence-corrected chi connectivity index (χ4v) is 3.61. The van der Waals surface area contributed by atoms with Crippen LogP contribution in [0.3, 0.4) is 0 Å². The molecule has 0 fully saturated rings. The average molecular weight is 412 g/mol. The van der Waals surface area contributed by atoms with Gasteiger partial charge in [-0.2, -0.15) is 0 Å². The number of fused-ring (bicyclic) bond motifs is 1. The number of nitrogens with one attached hydrogen (secondary N) is 1. The van der Waals surface area contributed by atoms with Crippen LogP contribution in [0.2, 0.25) is 0 Å². The van der Waals surface area contributed by atoms with E-state index in [0.29, 0.717) is 13.2 Å². The molecule has 156 valence electrons. The van der Waals surface area contributed by atoms with Gasteiger partial charge in [0, 0.05) is 30.9 Å². The molecule has 5 heteroatoms. The van der Waals surface area contributed by atoms with E-state index in [-0.39, 0.29) is 11.8 Å². The molecule has 2 amide bonds. The predicted octanol–water partition coefficient (Wildman–Crippen LogP) is 4.83. The Bertz CT molecular complexity index is 1120. The van der Waals surface area contributed by atoms with Gasteiger partial charge < -0.3 is 15.0 Å². The Balaban J connectivity index is 1.36. The fourth-order valence-electron chi connectivity index (χ4n) is 3.61. The number of amides is 2. The molecule has 0 bridgehead atoms. The maximum absolute atomic E-state index is 12.4. The van der Waals surface area contributed by atoms with E-state index in [1.165, 1.54) is 6.08 Å². The number of anilines is 2. The van der Waals surface area contributed by atoms with E-state index in [4.69, 9.17) is 4.74 Å². The van der Waals surface area contributed by atoms with Crippen LogP contribution in [0.1, 0.15) is 23.6 Å². The highest BCUT2D eigenvalue weighted by Crippen LogP contribution is 2.30. The summed E-state index contributed by atoms with van der Waals surface area (Å²) in [5.41, 5.74) is 4.70. The fraction of sp³-hybridized carbons (Fsp3) is 0.154. The number of hydrogen-bond acceptors (Lipinski definition) is 3. The van der Waals surface area contributed by atoms with Gasteiger partial charge in [-0.3, -0.25) is 9.59 Å². The van der Waals surface area contributed by atoms with E-state index >= 15 is 0 Å². The largest absolute Gasteiger partial charge is 0.489 e. The van der Waals surface area contributed by atoms with Crippen LogP contribution in [0.25, 0.3) is 6.08 Å². The molecule has 5 nitrogen and oxygen atoms in total. The summed E-state index contributed by atoms with van der Waals surface area (Å²) in [5, 5.41) is 2.89. The van der Waals surface area contributed by atoms with Gasteiger partial charge in [0.25, 0.3) is 0 Å². The van der Waals surface area contributed by atoms with Crippen LogP contribution in [0.15, 0.2) is 78.9 Å². The Morgan fingerprint density at radius 3 is 2.68 bits per heavy atom. The quantitative estimate of drug-likeness (QED) is 0.590. The normalized spacial score (nSPS) is 12.6. The van der Waals surface area contributed by atoms with Crippen molar-refractivity contribution in [2.75, 3.05) is 16.8 Å². The molecular formula is C26H24N2O3. The van der Waals surface area contributed by atoms with Crippen LogP contribution in [-0.2, 0) is 22.6 Å². The molecular weight excluding hydrogens is 388 g/mol. The molecule has 0 radical (unpaired) electrons. The summed E-state index contributed by atoms with van der Waals surface area (Å²) in [5.74, 6) is 0.575. The van der Waals surface area contributed by atoms with Gasteiger partial charge in [-0.1, -0.05) is 42.5 Å². The Kier molecular flexibility index (Phi) is 6.13. The van der Waals surface area contributed by atoms with Crippen LogP contribution < -0.4 is 15.0 Å². The first-order valence-electron chi connectivity index (χ1n) is 10.3. The van der Waals surface area contributed by atoms with Crippen molar-refractivity contribution in [3.63, 3.8) is 0 Å². The molecule has 1 heterocycles. The van der Waals surface area contributed by atoms with Crippen molar-refractivity contribution in [1.82, 2.24) is 0 Å². The SMILES string of the molecule is CC(=O)N1CCc2cc(NC(=O)/C=C/c3cccc(OCc4ccccc4)c3)ccc21. The predicted molar refractivity (Wildman–Crippen MR) is 123 cm³/mol. The third kappa shape index (κ3) is 5.20. The smallest absolute Gasteiger partial charge is 0.248 e. The summed E-state index contributed by atoms with van der Waals surface area (Å²) in [7, 11) is 0. The van der Waals surface area contributed by atoms with Gasteiger partial charge in [0.15, 0.2) is 0 Å². The van der Waals surface area contributed by atoms with Crippen molar-refractivity contribution in [2.45, 2.75) is 20.0 Å². The Labute approximate surface area is 182 Å². The zero-order valence-corrected chi connectivity index (χ0v) is 17.4. The lowest BCUT2D eigenvalue weighted by Crippen LogP contribution is -2.25. The lowest BCUT2D eigenvalue weighted by Gasteiger charge is -2.14. The van der Waals surface area contributed by atoms with E-state index in [0.717, 1.165) is 40.2 Å². The van der Waals surface area contributed by atoms with Crippen molar-refractivity contribution in [3.05, 3.63) is 95.6 Å². The van der Waals surface area contributed by atoms with Gasteiger partial charge in [0.2, 0.25) is 11.8 Å². The minimum Gasteiger partial charge on any atom is -0.489 e. The average Bonchev–Trinajstić information content (AvgIpc) is 3.21. The number of benzene rings is 3. The molecule has 0 aromatic heterocycles. The number of hydrogen-bond donors (Lipinski definition) is 1. The molecule has 1 aliphatic rings. The molecule has 0 atom stereocenters. The third-order valence-electron chi connectivity index (χ3n) is 5.16. The summed E-state index contributed by atoms with van der Waals surface area (Å²) in [6.07, 6.45) is 4.06. The third-order valence-corrected chi connectivity index (χ3v) is 5.16. The molecule has 1 N–H and O–H groups in total. The van der Waals surface area contributed by atoms with E-state index in [9.17, 15) is 9.59 Å². The van der Waals surface area contributed by atoms with Gasteiger partial charge in [0.05, 0.1) is 0 Å². The summed E-state index contributed by atoms with van der Waals surface area (Å²) in [6.45, 7) is 2.75. The van der Waals surface area contributed by atoms with E-state index in [2.05, 4.69) is 5.32 Å². The van der Waals surface area contributed by atoms with Crippen LogP contribution in [-0.4, -0.2) is 18.4 Å². The van der Waals surface area contributed by atoms with Crippen LogP contribution in [0.4, 0.5) is 11.4 Å². The lowest BCUT2D eigenvalue weighted by molar-refractivity contribution is -0.116. The van der Waals surface area contributed by atoms with Crippen molar-refractivity contribution in [2.24, 2.45) is 0 Å². The molecule has 0 spiro atoms. The molecule has 0 saturated carbocycles. The van der Waals surface area contributed by atoms with E-state index in [1.54, 1.807) is 17.9 Å². The highest BCUT2D eigenvalue weighted by atomic mass is 16.5. The Morgan fingerprint density at radius 1 is 1.03 bits per heavy atom. The van der Waals surface area contributed by atoms with Gasteiger partial charge in [-0.15, -0.1) is 0 Å². The maximum Gasteiger partial charge on any atom is 0.248 e. The number of nitrogens with zero attached hydrogens (tertiary/aromatic N) is 1. The molecule has 31 heavy (non-hydrogen) atoms. The summed E-state index contributed by atoms with van der Waals surface area (Å²) in [4.78, 5) is 25.8. The van der Waals surface area contributed by atoms with Gasteiger partial charge in [0.1, 0.15) is 12.4 Å². The molecule has 0 unspecified atom stereocenters. The highest BCUT2D eigenvalue weighted by molar-refractivity contribution is 6.02. The second-order valence-electron chi connectivity index (χ2n) is 7.43. The second kappa shape index (κ2) is 9.30. The first-order valence-corrected chi connectivity index (χ1v) is 10.3. The number of carbonyl (C=O) groups is 2. The van der Waals surface area contributed by atoms with Crippen molar-refractivity contribution in [3.8, 4) is 5.75 Å². The molecule has 0 aliphatic carbocycles. The van der Waals surface area contributed by atoms with Gasteiger partial charge in [-0.05, 0) is 59.5 Å². The molecule has 4 rings (SSSR count). The van der Waals surface area contributed by atoms with E-state index in [1.807, 2.05) is 72.8 Å². The Hall–Kier alpha value is -3.86. The van der Waals surface area contributed by atoms with Crippen LogP contribution in [0, 0.1) is 0 Å². The summed E-state index contributed by atoms with van der Waals surface area (Å²) in [6, 6.07) is 23.2. The first-order chi connectivity index (χ1) is 15.1. The minimum absolute atomic E-state index is 0.0356. The lowest BCUT2D eigenvalue weighted by atomic mass is 10.1. The molecule has 0 saturated heterocycles. The monoisotopic (exact) mass is 412 g/mol. The van der Waals surface area contributed by atoms with E-state index < -0.39 is 0 Å². The second-order valence-corrected chi connectivity index (χ2v) is 7.43. The Morgan fingerprint density at radius 2 is 1.87 bits per heavy atom. The minimum atomic E-state index is -0.211. The van der Waals surface area contributed by atoms with Crippen molar-refractivity contribution in [1.29, 1.82) is 0 Å². The standard InChI is InChI=1S/C26H24N2O3/c1-19(29)28-15-14-22-17-23(11-12-25(22)28)27-26(30)13-10-20-8-5-9-24(16-20)31-18-21-6-3-2-4-7-21/h2-13,16-17H,14-15,18H2,1H3,(H,27,30)/b13-10+. The van der Waals surface area contributed by atoms with Crippen molar-refractivity contribution < 1.29 is 14.3 Å². The van der Waals surface area contributed by atoms with Crippen molar-refractivity contribution >= 4 is 29.3 Å². The van der Waals surface area contributed by atoms with Crippen LogP contribution in [0.5, 0.6) is 5.75 Å². The summed E-state index contributed by atoms with van der Waals surface area (Å²) < 4.78 is 5.84. The van der Waals surface area contributed by atoms with Gasteiger partial charge >= 0.3 is 0 Å². The zero-order valence-electron chi connectivity index (χ0n) is 17.4. The number of rotatable bonds is 6. The topological polar surface area (TPSA) is 58.6 Å². The summed E-state index contributed by atoms with van der Waals surface area (Å²) >= 11 is 0. The molecule has 3 aromatic rings. The molecule has 3 aromatic carbocycles. The highest BCUT2D eigenvalue weighted by Gasteiger charge is 2.22. The maximum atomic E-state index is 12.4. The number of carbonyl (C=O) groups excluding carboxylic acids is 2. The van der Waals surface area contributed by atoms with Crippen LogP contribution >= 0.6 is 0 Å².